The zero-order chi connectivity index (χ0) is 20.8. The lowest BCUT2D eigenvalue weighted by Gasteiger charge is -2.26. The molecule has 6 nitrogen and oxygen atoms in total. The molecule has 2 heterocycles. The molecule has 0 radical (unpaired) electrons. The van der Waals surface area contributed by atoms with Gasteiger partial charge in [0.25, 0.3) is 0 Å². The summed E-state index contributed by atoms with van der Waals surface area (Å²) in [5.41, 5.74) is 2.76. The van der Waals surface area contributed by atoms with Gasteiger partial charge in [-0.15, -0.1) is 0 Å². The minimum Gasteiger partial charge on any atom is -0.497 e. The number of imidazole rings is 1. The third kappa shape index (κ3) is 4.78. The Kier molecular flexibility index (Phi) is 6.57. The molecule has 6 heteroatoms. The largest absolute Gasteiger partial charge is 0.497 e. The zero-order valence-electron chi connectivity index (χ0n) is 17.3. The first-order valence-electron chi connectivity index (χ1n) is 10.4. The number of carbonyl (C=O) groups excluding carboxylic acids is 1. The van der Waals surface area contributed by atoms with E-state index in [1.165, 1.54) is 0 Å². The van der Waals surface area contributed by atoms with Crippen molar-refractivity contribution in [3.63, 3.8) is 0 Å². The molecule has 30 heavy (non-hydrogen) atoms. The maximum Gasteiger partial charge on any atom is 0.221 e. The van der Waals surface area contributed by atoms with Gasteiger partial charge in [0, 0.05) is 26.2 Å². The smallest absolute Gasteiger partial charge is 0.221 e. The molecule has 0 aliphatic carbocycles. The molecule has 156 valence electrons. The Morgan fingerprint density at radius 3 is 2.80 bits per heavy atom. The quantitative estimate of drug-likeness (QED) is 0.423. The number of aryl methyl sites for hydroxylation is 1. The van der Waals surface area contributed by atoms with Crippen molar-refractivity contribution < 1.29 is 14.3 Å². The van der Waals surface area contributed by atoms with E-state index in [4.69, 9.17) is 9.47 Å². The Labute approximate surface area is 176 Å². The highest BCUT2D eigenvalue weighted by molar-refractivity contribution is 6.06. The average molecular weight is 405 g/mol. The van der Waals surface area contributed by atoms with Gasteiger partial charge in [-0.2, -0.15) is 0 Å². The van der Waals surface area contributed by atoms with Crippen LogP contribution in [0.3, 0.4) is 0 Å². The number of methoxy groups -OCH3 is 1. The summed E-state index contributed by atoms with van der Waals surface area (Å²) in [5.74, 6) is 1.15. The Morgan fingerprint density at radius 1 is 1.13 bits per heavy atom. The fourth-order valence-corrected chi connectivity index (χ4v) is 3.76. The highest BCUT2D eigenvalue weighted by Gasteiger charge is 2.16. The number of aromatic nitrogens is 2. The van der Waals surface area contributed by atoms with Gasteiger partial charge in [-0.3, -0.25) is 9.69 Å². The Hall–Kier alpha value is -2.96. The summed E-state index contributed by atoms with van der Waals surface area (Å²) in [6, 6.07) is 15.6. The number of ether oxygens (including phenoxy) is 2. The van der Waals surface area contributed by atoms with Crippen LogP contribution in [0.2, 0.25) is 0 Å². The maximum atomic E-state index is 13.0. The standard InChI is InChI=1S/C24H27N3O3/c1-29-20-7-4-6-19(18-20)10-11-23(28)24-25-21-8-2-3-9-22(21)27(24)13-5-12-26-14-16-30-17-15-26/h2-4,6-11,18H,5,12-17H2,1H3/b11-10+. The van der Waals surface area contributed by atoms with Crippen molar-refractivity contribution in [2.75, 3.05) is 40.0 Å². The van der Waals surface area contributed by atoms with Gasteiger partial charge in [0.2, 0.25) is 5.78 Å². The topological polar surface area (TPSA) is 56.6 Å². The third-order valence-corrected chi connectivity index (χ3v) is 5.36. The van der Waals surface area contributed by atoms with E-state index in [1.807, 2.05) is 59.2 Å². The summed E-state index contributed by atoms with van der Waals surface area (Å²) in [6.45, 7) is 5.29. The number of fused-ring (bicyclic) bond motifs is 1. The minimum atomic E-state index is -0.0969. The number of carbonyl (C=O) groups is 1. The van der Waals surface area contributed by atoms with Crippen molar-refractivity contribution in [3.8, 4) is 5.75 Å². The molecule has 1 aliphatic rings. The summed E-state index contributed by atoms with van der Waals surface area (Å²) in [7, 11) is 1.63. The SMILES string of the molecule is COc1cccc(/C=C/C(=O)c2nc3ccccc3n2CCCN2CCOCC2)c1. The summed E-state index contributed by atoms with van der Waals surface area (Å²) in [5, 5.41) is 0. The van der Waals surface area contributed by atoms with Crippen LogP contribution in [0.5, 0.6) is 5.75 Å². The third-order valence-electron chi connectivity index (χ3n) is 5.36. The van der Waals surface area contributed by atoms with Crippen LogP contribution in [-0.2, 0) is 11.3 Å². The van der Waals surface area contributed by atoms with Crippen molar-refractivity contribution in [1.29, 1.82) is 0 Å². The number of nitrogens with zero attached hydrogens (tertiary/aromatic N) is 3. The summed E-state index contributed by atoms with van der Waals surface area (Å²) >= 11 is 0. The number of benzene rings is 2. The molecule has 1 aromatic heterocycles. The fraction of sp³-hybridized carbons (Fsp3) is 0.333. The highest BCUT2D eigenvalue weighted by atomic mass is 16.5. The molecule has 0 unspecified atom stereocenters. The van der Waals surface area contributed by atoms with Crippen molar-refractivity contribution >= 4 is 22.9 Å². The Morgan fingerprint density at radius 2 is 1.97 bits per heavy atom. The van der Waals surface area contributed by atoms with E-state index in [0.717, 1.165) is 68.2 Å². The van der Waals surface area contributed by atoms with Crippen LogP contribution >= 0.6 is 0 Å². The molecule has 0 atom stereocenters. The van der Waals surface area contributed by atoms with E-state index in [1.54, 1.807) is 13.2 Å². The van der Waals surface area contributed by atoms with Crippen LogP contribution in [0, 0.1) is 0 Å². The van der Waals surface area contributed by atoms with Gasteiger partial charge in [0.15, 0.2) is 5.82 Å². The van der Waals surface area contributed by atoms with Gasteiger partial charge in [0.1, 0.15) is 5.75 Å². The lowest BCUT2D eigenvalue weighted by atomic mass is 10.2. The van der Waals surface area contributed by atoms with Gasteiger partial charge >= 0.3 is 0 Å². The van der Waals surface area contributed by atoms with E-state index >= 15 is 0 Å². The van der Waals surface area contributed by atoms with E-state index in [2.05, 4.69) is 9.88 Å². The predicted molar refractivity (Wildman–Crippen MR) is 118 cm³/mol. The molecule has 0 saturated carbocycles. The van der Waals surface area contributed by atoms with Crippen LogP contribution in [-0.4, -0.2) is 60.2 Å². The molecule has 1 saturated heterocycles. The normalized spacial score (nSPS) is 15.1. The molecule has 0 spiro atoms. The number of hydrogen-bond acceptors (Lipinski definition) is 5. The lowest BCUT2D eigenvalue weighted by Crippen LogP contribution is -2.37. The molecular formula is C24H27N3O3. The number of rotatable bonds is 8. The zero-order valence-corrected chi connectivity index (χ0v) is 17.3. The van der Waals surface area contributed by atoms with E-state index in [0.29, 0.717) is 5.82 Å². The Bertz CT molecular complexity index is 1040. The average Bonchev–Trinajstić information content (AvgIpc) is 3.17. The second-order valence-corrected chi connectivity index (χ2v) is 7.36. The first kappa shape index (κ1) is 20.3. The molecular weight excluding hydrogens is 378 g/mol. The first-order chi connectivity index (χ1) is 14.7. The monoisotopic (exact) mass is 405 g/mol. The Balaban J connectivity index is 1.52. The first-order valence-corrected chi connectivity index (χ1v) is 10.4. The second-order valence-electron chi connectivity index (χ2n) is 7.36. The molecule has 0 bridgehead atoms. The molecule has 3 aromatic rings. The van der Waals surface area contributed by atoms with Crippen LogP contribution < -0.4 is 4.74 Å². The van der Waals surface area contributed by atoms with Gasteiger partial charge in [-0.1, -0.05) is 30.3 Å². The number of para-hydroxylation sites is 2. The van der Waals surface area contributed by atoms with Crippen LogP contribution in [0.1, 0.15) is 22.6 Å². The van der Waals surface area contributed by atoms with Crippen molar-refractivity contribution in [2.45, 2.75) is 13.0 Å². The number of ketones is 1. The van der Waals surface area contributed by atoms with Crippen LogP contribution in [0.25, 0.3) is 17.1 Å². The maximum absolute atomic E-state index is 13.0. The molecule has 0 N–H and O–H groups in total. The van der Waals surface area contributed by atoms with Gasteiger partial charge in [0.05, 0.1) is 31.4 Å². The predicted octanol–water partition coefficient (Wildman–Crippen LogP) is 3.66. The highest BCUT2D eigenvalue weighted by Crippen LogP contribution is 2.19. The van der Waals surface area contributed by atoms with Gasteiger partial charge in [-0.25, -0.2) is 4.98 Å². The molecule has 1 fully saturated rings. The number of allylic oxidation sites excluding steroid dienone is 1. The van der Waals surface area contributed by atoms with Crippen LogP contribution in [0.4, 0.5) is 0 Å². The van der Waals surface area contributed by atoms with Crippen molar-refractivity contribution in [2.24, 2.45) is 0 Å². The minimum absolute atomic E-state index is 0.0969. The molecule has 1 aliphatic heterocycles. The number of morpholine rings is 1. The lowest BCUT2D eigenvalue weighted by molar-refractivity contribution is 0.0369. The molecule has 0 amide bonds. The number of hydrogen-bond donors (Lipinski definition) is 0. The van der Waals surface area contributed by atoms with Crippen molar-refractivity contribution in [1.82, 2.24) is 14.5 Å². The van der Waals surface area contributed by atoms with Gasteiger partial charge < -0.3 is 14.0 Å². The molecule has 2 aromatic carbocycles. The van der Waals surface area contributed by atoms with Crippen molar-refractivity contribution in [3.05, 3.63) is 66.0 Å². The van der Waals surface area contributed by atoms with Crippen LogP contribution in [0.15, 0.2) is 54.6 Å². The van der Waals surface area contributed by atoms with E-state index in [-0.39, 0.29) is 5.78 Å². The summed E-state index contributed by atoms with van der Waals surface area (Å²) in [6.07, 6.45) is 4.36. The van der Waals surface area contributed by atoms with Gasteiger partial charge in [-0.05, 0) is 42.3 Å². The fourth-order valence-electron chi connectivity index (χ4n) is 3.76. The summed E-state index contributed by atoms with van der Waals surface area (Å²) in [4.78, 5) is 20.0. The van der Waals surface area contributed by atoms with E-state index < -0.39 is 0 Å². The summed E-state index contributed by atoms with van der Waals surface area (Å²) < 4.78 is 12.7. The molecule has 4 rings (SSSR count). The second kappa shape index (κ2) is 9.69. The van der Waals surface area contributed by atoms with E-state index in [9.17, 15) is 4.79 Å².